The van der Waals surface area contributed by atoms with Gasteiger partial charge in [-0.05, 0) is 48.9 Å². The lowest BCUT2D eigenvalue weighted by molar-refractivity contribution is -0.121. The topological polar surface area (TPSA) is 93.8 Å². The molecule has 0 aliphatic carbocycles. The lowest BCUT2D eigenvalue weighted by Gasteiger charge is -2.03. The number of nitrogens with two attached hydrogens (primary N) is 1. The lowest BCUT2D eigenvalue weighted by atomic mass is 10.2. The summed E-state index contributed by atoms with van der Waals surface area (Å²) in [5, 5.41) is 3.93. The second kappa shape index (κ2) is 10.2. The first-order valence-electron chi connectivity index (χ1n) is 8.05. The summed E-state index contributed by atoms with van der Waals surface area (Å²) >= 11 is 1.64. The fourth-order valence-electron chi connectivity index (χ4n) is 1.94. The Kier molecular flexibility index (Phi) is 7.70. The molecule has 0 fully saturated rings. The first-order chi connectivity index (χ1) is 12.5. The molecule has 0 saturated heterocycles. The highest BCUT2D eigenvalue weighted by atomic mass is 32.2. The Bertz CT molecular complexity index is 759. The molecule has 0 spiro atoms. The molecule has 0 radical (unpaired) electrons. The number of carbonyl (C=O) groups is 2. The van der Waals surface area contributed by atoms with E-state index in [1.165, 1.54) is 5.56 Å². The van der Waals surface area contributed by atoms with Crippen molar-refractivity contribution in [3.63, 3.8) is 0 Å². The third-order valence-electron chi connectivity index (χ3n) is 3.28. The summed E-state index contributed by atoms with van der Waals surface area (Å²) in [6, 6.07) is 15.1. The number of aryl methyl sites for hydroxylation is 1. The number of ether oxygens (including phenoxy) is 1. The number of carbonyl (C=O) groups excluding carboxylic acids is 2. The molecule has 2 amide bonds. The number of hydrogen-bond acceptors (Lipinski definition) is 5. The highest BCUT2D eigenvalue weighted by Crippen LogP contribution is 2.18. The minimum absolute atomic E-state index is 0.137. The van der Waals surface area contributed by atoms with Gasteiger partial charge in [-0.3, -0.25) is 9.59 Å². The van der Waals surface area contributed by atoms with Crippen LogP contribution in [-0.4, -0.2) is 30.4 Å². The van der Waals surface area contributed by atoms with Crippen LogP contribution in [0, 0.1) is 6.92 Å². The van der Waals surface area contributed by atoms with E-state index in [1.54, 1.807) is 42.2 Å². The number of benzene rings is 2. The molecule has 136 valence electrons. The molecule has 3 N–H and O–H groups in total. The lowest BCUT2D eigenvalue weighted by Crippen LogP contribution is -2.20. The first-order valence-corrected chi connectivity index (χ1v) is 9.04. The van der Waals surface area contributed by atoms with Crippen LogP contribution in [0.25, 0.3) is 0 Å². The number of nitrogens with zero attached hydrogens (tertiary/aromatic N) is 1. The molecular weight excluding hydrogens is 350 g/mol. The van der Waals surface area contributed by atoms with E-state index >= 15 is 0 Å². The standard InChI is InChI=1S/C19H21N3O3S/c1-14-2-8-17(9-3-14)26-11-10-19(24)22-21-12-15-4-6-16(7-5-15)25-13-18(20)23/h2-9,12H,10-11,13H2,1H3,(H2,20,23)(H,22,24)/b21-12-. The van der Waals surface area contributed by atoms with Crippen LogP contribution in [0.3, 0.4) is 0 Å². The van der Waals surface area contributed by atoms with Crippen molar-refractivity contribution in [3.8, 4) is 5.75 Å². The van der Waals surface area contributed by atoms with Crippen LogP contribution >= 0.6 is 11.8 Å². The average molecular weight is 371 g/mol. The molecule has 0 saturated carbocycles. The highest BCUT2D eigenvalue weighted by molar-refractivity contribution is 7.99. The first kappa shape index (κ1) is 19.5. The quantitative estimate of drug-likeness (QED) is 0.402. The molecule has 0 aromatic heterocycles. The summed E-state index contributed by atoms with van der Waals surface area (Å²) in [5.41, 5.74) is 9.53. The van der Waals surface area contributed by atoms with E-state index in [4.69, 9.17) is 10.5 Å². The molecule has 0 aliphatic heterocycles. The Morgan fingerprint density at radius 1 is 1.15 bits per heavy atom. The van der Waals surface area contributed by atoms with Gasteiger partial charge < -0.3 is 10.5 Å². The van der Waals surface area contributed by atoms with Crippen molar-refractivity contribution in [2.45, 2.75) is 18.2 Å². The summed E-state index contributed by atoms with van der Waals surface area (Å²) in [6.45, 7) is 1.88. The van der Waals surface area contributed by atoms with Crippen molar-refractivity contribution in [2.24, 2.45) is 10.8 Å². The number of hydrogen-bond donors (Lipinski definition) is 2. The predicted molar refractivity (Wildman–Crippen MR) is 103 cm³/mol. The van der Waals surface area contributed by atoms with Gasteiger partial charge in [-0.15, -0.1) is 11.8 Å². The van der Waals surface area contributed by atoms with E-state index in [0.717, 1.165) is 10.5 Å². The molecule has 0 heterocycles. The van der Waals surface area contributed by atoms with Crippen molar-refractivity contribution in [1.82, 2.24) is 5.43 Å². The van der Waals surface area contributed by atoms with Crippen LogP contribution in [0.2, 0.25) is 0 Å². The van der Waals surface area contributed by atoms with Crippen LogP contribution in [0.4, 0.5) is 0 Å². The van der Waals surface area contributed by atoms with Crippen LogP contribution in [0.15, 0.2) is 58.5 Å². The second-order valence-corrected chi connectivity index (χ2v) is 6.70. The summed E-state index contributed by atoms with van der Waals surface area (Å²) in [5.74, 6) is 0.565. The van der Waals surface area contributed by atoms with Crippen LogP contribution in [0.1, 0.15) is 17.5 Å². The van der Waals surface area contributed by atoms with Gasteiger partial charge >= 0.3 is 0 Å². The van der Waals surface area contributed by atoms with Crippen LogP contribution < -0.4 is 15.9 Å². The van der Waals surface area contributed by atoms with Gasteiger partial charge in [-0.2, -0.15) is 5.10 Å². The van der Waals surface area contributed by atoms with Crippen molar-refractivity contribution in [1.29, 1.82) is 0 Å². The molecule has 0 atom stereocenters. The number of nitrogens with one attached hydrogen (secondary N) is 1. The van der Waals surface area contributed by atoms with Gasteiger partial charge in [-0.1, -0.05) is 17.7 Å². The van der Waals surface area contributed by atoms with Gasteiger partial charge in [0.15, 0.2) is 6.61 Å². The predicted octanol–water partition coefficient (Wildman–Crippen LogP) is 2.49. The molecule has 26 heavy (non-hydrogen) atoms. The SMILES string of the molecule is Cc1ccc(SCCC(=O)N/N=C\c2ccc(OCC(N)=O)cc2)cc1. The van der Waals surface area contributed by atoms with E-state index in [-0.39, 0.29) is 12.5 Å². The van der Waals surface area contributed by atoms with Gasteiger partial charge in [0, 0.05) is 17.1 Å². The molecule has 6 nitrogen and oxygen atoms in total. The zero-order valence-electron chi connectivity index (χ0n) is 14.5. The maximum atomic E-state index is 11.8. The zero-order valence-corrected chi connectivity index (χ0v) is 15.3. The smallest absolute Gasteiger partial charge is 0.255 e. The minimum atomic E-state index is -0.529. The molecule has 2 rings (SSSR count). The molecular formula is C19H21N3O3S. The summed E-state index contributed by atoms with van der Waals surface area (Å²) in [7, 11) is 0. The second-order valence-electron chi connectivity index (χ2n) is 5.53. The maximum absolute atomic E-state index is 11.8. The van der Waals surface area contributed by atoms with E-state index in [9.17, 15) is 9.59 Å². The van der Waals surface area contributed by atoms with Gasteiger partial charge in [0.25, 0.3) is 5.91 Å². The van der Waals surface area contributed by atoms with Crippen molar-refractivity contribution < 1.29 is 14.3 Å². The fraction of sp³-hybridized carbons (Fsp3) is 0.211. The Morgan fingerprint density at radius 2 is 1.85 bits per heavy atom. The minimum Gasteiger partial charge on any atom is -0.484 e. The number of hydrazone groups is 1. The molecule has 0 aliphatic rings. The molecule has 0 unspecified atom stereocenters. The maximum Gasteiger partial charge on any atom is 0.255 e. The monoisotopic (exact) mass is 371 g/mol. The number of primary amides is 1. The Hall–Kier alpha value is -2.80. The zero-order chi connectivity index (χ0) is 18.8. The third-order valence-corrected chi connectivity index (χ3v) is 4.30. The number of amides is 2. The molecule has 2 aromatic carbocycles. The van der Waals surface area contributed by atoms with E-state index in [2.05, 4.69) is 22.7 Å². The molecule has 2 aromatic rings. The van der Waals surface area contributed by atoms with Crippen LogP contribution in [0.5, 0.6) is 5.75 Å². The van der Waals surface area contributed by atoms with Crippen molar-refractivity contribution in [2.75, 3.05) is 12.4 Å². The summed E-state index contributed by atoms with van der Waals surface area (Å²) < 4.78 is 5.16. The van der Waals surface area contributed by atoms with E-state index < -0.39 is 5.91 Å². The van der Waals surface area contributed by atoms with E-state index in [1.807, 2.05) is 19.1 Å². The van der Waals surface area contributed by atoms with Gasteiger partial charge in [0.2, 0.25) is 5.91 Å². The van der Waals surface area contributed by atoms with Gasteiger partial charge in [0.1, 0.15) is 5.75 Å². The normalized spacial score (nSPS) is 10.7. The summed E-state index contributed by atoms with van der Waals surface area (Å²) in [6.07, 6.45) is 1.93. The van der Waals surface area contributed by atoms with Gasteiger partial charge in [0.05, 0.1) is 6.21 Å². The molecule has 7 heteroatoms. The third kappa shape index (κ3) is 7.40. The van der Waals surface area contributed by atoms with Crippen molar-refractivity contribution in [3.05, 3.63) is 59.7 Å². The van der Waals surface area contributed by atoms with Gasteiger partial charge in [-0.25, -0.2) is 5.43 Å². The van der Waals surface area contributed by atoms with E-state index in [0.29, 0.717) is 17.9 Å². The number of rotatable bonds is 9. The highest BCUT2D eigenvalue weighted by Gasteiger charge is 2.01. The Morgan fingerprint density at radius 3 is 2.50 bits per heavy atom. The Balaban J connectivity index is 1.69. The molecule has 0 bridgehead atoms. The fourth-order valence-corrected chi connectivity index (χ4v) is 2.79. The van der Waals surface area contributed by atoms with Crippen molar-refractivity contribution >= 4 is 29.8 Å². The Labute approximate surface area is 156 Å². The summed E-state index contributed by atoms with van der Waals surface area (Å²) in [4.78, 5) is 23.6. The average Bonchev–Trinajstić information content (AvgIpc) is 2.63. The number of thioether (sulfide) groups is 1. The largest absolute Gasteiger partial charge is 0.484 e. The van der Waals surface area contributed by atoms with Crippen LogP contribution in [-0.2, 0) is 9.59 Å².